The summed E-state index contributed by atoms with van der Waals surface area (Å²) in [6.45, 7) is 1.08. The lowest BCUT2D eigenvalue weighted by molar-refractivity contribution is 0.347. The van der Waals surface area contributed by atoms with Crippen LogP contribution in [-0.4, -0.2) is 34.3 Å². The van der Waals surface area contributed by atoms with Crippen LogP contribution in [0, 0.1) is 0 Å². The van der Waals surface area contributed by atoms with Gasteiger partial charge in [0.2, 0.25) is 0 Å². The van der Waals surface area contributed by atoms with Gasteiger partial charge >= 0.3 is 0 Å². The van der Waals surface area contributed by atoms with E-state index in [2.05, 4.69) is 15.6 Å². The van der Waals surface area contributed by atoms with Gasteiger partial charge in [0, 0.05) is 36.8 Å². The number of aliphatic imine (C=N–C) groups is 1. The van der Waals surface area contributed by atoms with Gasteiger partial charge < -0.3 is 24.8 Å². The second-order valence-electron chi connectivity index (χ2n) is 5.39. The molecule has 0 aliphatic heterocycles. The number of guanidine groups is 1. The number of methoxy groups -OCH3 is 3. The molecule has 0 aromatic heterocycles. The number of nitrogens with zero attached hydrogens (tertiary/aromatic N) is 1. The first-order valence-corrected chi connectivity index (χ1v) is 8.47. The summed E-state index contributed by atoms with van der Waals surface area (Å²) in [7, 11) is 6.53. The van der Waals surface area contributed by atoms with Crippen molar-refractivity contribution in [2.75, 3.05) is 28.4 Å². The molecule has 0 radical (unpaired) electrons. The molecule has 2 aromatic rings. The van der Waals surface area contributed by atoms with Crippen LogP contribution >= 0.6 is 35.6 Å². The fraction of sp³-hybridized carbons (Fsp3) is 0.316. The Labute approximate surface area is 182 Å². The summed E-state index contributed by atoms with van der Waals surface area (Å²) in [5.74, 6) is 2.62. The molecule has 0 spiro atoms. The summed E-state index contributed by atoms with van der Waals surface area (Å²) >= 11 is 6.18. The van der Waals surface area contributed by atoms with E-state index in [-0.39, 0.29) is 24.0 Å². The van der Waals surface area contributed by atoms with E-state index in [1.807, 2.05) is 30.3 Å². The molecule has 0 amide bonds. The van der Waals surface area contributed by atoms with Crippen molar-refractivity contribution in [2.45, 2.75) is 13.1 Å². The number of benzene rings is 2. The predicted molar refractivity (Wildman–Crippen MR) is 120 cm³/mol. The molecule has 0 unspecified atom stereocenters. The molecule has 148 valence electrons. The molecule has 2 rings (SSSR count). The number of nitrogens with one attached hydrogen (secondary N) is 2. The Bertz CT molecular complexity index is 772. The van der Waals surface area contributed by atoms with Crippen molar-refractivity contribution >= 4 is 41.5 Å². The highest BCUT2D eigenvalue weighted by Gasteiger charge is 2.12. The van der Waals surface area contributed by atoms with Crippen LogP contribution < -0.4 is 24.8 Å². The Balaban J connectivity index is 0.00000364. The third-order valence-electron chi connectivity index (χ3n) is 3.86. The van der Waals surface area contributed by atoms with E-state index in [1.165, 1.54) is 0 Å². The molecule has 0 aliphatic rings. The standard InChI is InChI=1S/C19H24ClN3O3.HI/c1-21-19(22-11-13-7-5-6-8-15(13)20)23-12-14-9-17(25-3)18(26-4)10-16(14)24-2;/h5-10H,11-12H2,1-4H3,(H2,21,22,23);1H. The second-order valence-corrected chi connectivity index (χ2v) is 5.80. The van der Waals surface area contributed by atoms with Gasteiger partial charge in [-0.25, -0.2) is 0 Å². The van der Waals surface area contributed by atoms with Crippen molar-refractivity contribution in [1.82, 2.24) is 10.6 Å². The van der Waals surface area contributed by atoms with Crippen LogP contribution in [-0.2, 0) is 13.1 Å². The Morgan fingerprint density at radius 3 is 2.00 bits per heavy atom. The highest BCUT2D eigenvalue weighted by molar-refractivity contribution is 14.0. The van der Waals surface area contributed by atoms with Gasteiger partial charge in [-0.1, -0.05) is 29.8 Å². The molecule has 0 saturated carbocycles. The van der Waals surface area contributed by atoms with Crippen molar-refractivity contribution in [3.63, 3.8) is 0 Å². The van der Waals surface area contributed by atoms with Crippen molar-refractivity contribution in [2.24, 2.45) is 4.99 Å². The Hall–Kier alpha value is -1.87. The molecular formula is C19H25ClIN3O3. The number of halogens is 2. The van der Waals surface area contributed by atoms with E-state index in [9.17, 15) is 0 Å². The van der Waals surface area contributed by atoms with Crippen molar-refractivity contribution in [1.29, 1.82) is 0 Å². The molecular weight excluding hydrogens is 481 g/mol. The van der Waals surface area contributed by atoms with E-state index in [1.54, 1.807) is 34.4 Å². The Morgan fingerprint density at radius 2 is 1.44 bits per heavy atom. The highest BCUT2D eigenvalue weighted by Crippen LogP contribution is 2.34. The third-order valence-corrected chi connectivity index (χ3v) is 4.23. The van der Waals surface area contributed by atoms with Gasteiger partial charge in [0.05, 0.1) is 21.3 Å². The van der Waals surface area contributed by atoms with Crippen molar-refractivity contribution in [3.05, 3.63) is 52.5 Å². The maximum atomic E-state index is 6.18. The number of hydrogen-bond donors (Lipinski definition) is 2. The molecule has 2 aromatic carbocycles. The van der Waals surface area contributed by atoms with Crippen LogP contribution in [0.15, 0.2) is 41.4 Å². The molecule has 0 aliphatic carbocycles. The molecule has 0 bridgehead atoms. The van der Waals surface area contributed by atoms with E-state index >= 15 is 0 Å². The van der Waals surface area contributed by atoms with E-state index < -0.39 is 0 Å². The van der Waals surface area contributed by atoms with E-state index in [0.29, 0.717) is 36.3 Å². The number of ether oxygens (including phenoxy) is 3. The fourth-order valence-corrected chi connectivity index (χ4v) is 2.65. The normalized spacial score (nSPS) is 10.6. The Morgan fingerprint density at radius 1 is 0.889 bits per heavy atom. The summed E-state index contributed by atoms with van der Waals surface area (Å²) in [4.78, 5) is 4.23. The maximum Gasteiger partial charge on any atom is 0.191 e. The summed E-state index contributed by atoms with van der Waals surface area (Å²) in [5, 5.41) is 7.22. The molecule has 6 nitrogen and oxygen atoms in total. The molecule has 2 N–H and O–H groups in total. The average Bonchev–Trinajstić information content (AvgIpc) is 2.68. The van der Waals surface area contributed by atoms with Gasteiger partial charge in [-0.15, -0.1) is 24.0 Å². The van der Waals surface area contributed by atoms with Gasteiger partial charge in [0.1, 0.15) is 5.75 Å². The number of rotatable bonds is 7. The van der Waals surface area contributed by atoms with Crippen LogP contribution in [0.2, 0.25) is 5.02 Å². The molecule has 27 heavy (non-hydrogen) atoms. The first-order chi connectivity index (χ1) is 12.6. The SMILES string of the molecule is CN=C(NCc1ccccc1Cl)NCc1cc(OC)c(OC)cc1OC.I. The summed E-state index contributed by atoms with van der Waals surface area (Å²) in [5.41, 5.74) is 1.92. The molecule has 0 atom stereocenters. The van der Waals surface area contributed by atoms with Crippen LogP contribution in [0.1, 0.15) is 11.1 Å². The van der Waals surface area contributed by atoms with Gasteiger partial charge in [-0.2, -0.15) is 0 Å². The Kier molecular flexibility index (Phi) is 10.1. The zero-order valence-electron chi connectivity index (χ0n) is 15.8. The predicted octanol–water partition coefficient (Wildman–Crippen LogP) is 3.85. The van der Waals surface area contributed by atoms with Gasteiger partial charge in [-0.05, 0) is 17.7 Å². The summed E-state index contributed by atoms with van der Waals surface area (Å²) in [6, 6.07) is 11.4. The van der Waals surface area contributed by atoms with Crippen molar-refractivity contribution in [3.8, 4) is 17.2 Å². The smallest absolute Gasteiger partial charge is 0.191 e. The van der Waals surface area contributed by atoms with Crippen molar-refractivity contribution < 1.29 is 14.2 Å². The van der Waals surface area contributed by atoms with Gasteiger partial charge in [0.25, 0.3) is 0 Å². The first kappa shape index (κ1) is 23.2. The van der Waals surface area contributed by atoms with Crippen LogP contribution in [0.3, 0.4) is 0 Å². The molecule has 0 fully saturated rings. The lowest BCUT2D eigenvalue weighted by atomic mass is 10.1. The van der Waals surface area contributed by atoms with E-state index in [4.69, 9.17) is 25.8 Å². The van der Waals surface area contributed by atoms with E-state index in [0.717, 1.165) is 16.1 Å². The zero-order chi connectivity index (χ0) is 18.9. The second kappa shape index (κ2) is 11.8. The minimum absolute atomic E-state index is 0. The van der Waals surface area contributed by atoms with Crippen LogP contribution in [0.25, 0.3) is 0 Å². The average molecular weight is 506 g/mol. The summed E-state index contributed by atoms with van der Waals surface area (Å²) < 4.78 is 16.1. The largest absolute Gasteiger partial charge is 0.496 e. The quantitative estimate of drug-likeness (QED) is 0.340. The third kappa shape index (κ3) is 6.35. The van der Waals surface area contributed by atoms with Crippen LogP contribution in [0.5, 0.6) is 17.2 Å². The van der Waals surface area contributed by atoms with Crippen LogP contribution in [0.4, 0.5) is 0 Å². The fourth-order valence-electron chi connectivity index (χ4n) is 2.45. The zero-order valence-corrected chi connectivity index (χ0v) is 18.9. The lowest BCUT2D eigenvalue weighted by Gasteiger charge is -2.16. The van der Waals surface area contributed by atoms with Gasteiger partial charge in [-0.3, -0.25) is 4.99 Å². The maximum absolute atomic E-state index is 6.18. The monoisotopic (exact) mass is 505 g/mol. The highest BCUT2D eigenvalue weighted by atomic mass is 127. The lowest BCUT2D eigenvalue weighted by Crippen LogP contribution is -2.36. The molecule has 8 heteroatoms. The van der Waals surface area contributed by atoms with Gasteiger partial charge in [0.15, 0.2) is 17.5 Å². The molecule has 0 heterocycles. The number of hydrogen-bond acceptors (Lipinski definition) is 4. The minimum atomic E-state index is 0. The molecule has 0 saturated heterocycles. The topological polar surface area (TPSA) is 64.1 Å². The summed E-state index contributed by atoms with van der Waals surface area (Å²) in [6.07, 6.45) is 0. The first-order valence-electron chi connectivity index (χ1n) is 8.09. The minimum Gasteiger partial charge on any atom is -0.496 e.